The van der Waals surface area contributed by atoms with Gasteiger partial charge in [0.05, 0.1) is 12.2 Å². The van der Waals surface area contributed by atoms with Gasteiger partial charge < -0.3 is 9.80 Å². The van der Waals surface area contributed by atoms with Gasteiger partial charge in [0.1, 0.15) is 5.78 Å². The zero-order valence-electron chi connectivity index (χ0n) is 19.5. The molecule has 3 aliphatic heterocycles. The van der Waals surface area contributed by atoms with Crippen molar-refractivity contribution in [2.75, 3.05) is 37.5 Å². The molecule has 174 valence electrons. The van der Waals surface area contributed by atoms with Gasteiger partial charge in [-0.2, -0.15) is 0 Å². The van der Waals surface area contributed by atoms with Crippen LogP contribution in [0.4, 0.5) is 16.2 Å². The monoisotopic (exact) mass is 458 g/mol. The summed E-state index contributed by atoms with van der Waals surface area (Å²) in [6.07, 6.45) is 1.24. The van der Waals surface area contributed by atoms with Crippen molar-refractivity contribution in [1.29, 1.82) is 0 Å². The lowest BCUT2D eigenvalue weighted by molar-refractivity contribution is -0.139. The van der Waals surface area contributed by atoms with E-state index in [4.69, 9.17) is 4.99 Å². The highest BCUT2D eigenvalue weighted by Crippen LogP contribution is 2.40. The Kier molecular flexibility index (Phi) is 5.11. The van der Waals surface area contributed by atoms with Crippen LogP contribution in [0.25, 0.3) is 5.70 Å². The first-order valence-electron chi connectivity index (χ1n) is 11.1. The van der Waals surface area contributed by atoms with Crippen molar-refractivity contribution in [2.24, 2.45) is 4.99 Å². The summed E-state index contributed by atoms with van der Waals surface area (Å²) in [7, 11) is 5.58. The minimum absolute atomic E-state index is 0.251. The van der Waals surface area contributed by atoms with Gasteiger partial charge in [-0.15, -0.1) is 0 Å². The number of ketones is 1. The number of guanidine groups is 1. The Labute approximate surface area is 198 Å². The summed E-state index contributed by atoms with van der Waals surface area (Å²) in [5, 5.41) is 0. The lowest BCUT2D eigenvalue weighted by Gasteiger charge is -2.39. The number of imide groups is 1. The summed E-state index contributed by atoms with van der Waals surface area (Å²) in [5.41, 5.74) is 3.80. The number of Topliss-reactive ketones (excluding diaryl/α,β-unsaturated/α-hetero) is 1. The molecule has 2 atom stereocenters. The SMILES string of the molecule is CC(=O)CN1C(=O)C2C(N=C3N(c4ccc(N(C)C)cc4)C(c4ccccc4)=CN32)N(C)C1=O. The largest absolute Gasteiger partial charge is 0.378 e. The molecule has 3 aliphatic rings. The quantitative estimate of drug-likeness (QED) is 0.685. The van der Waals surface area contributed by atoms with E-state index in [1.807, 2.05) is 89.6 Å². The Morgan fingerprint density at radius 3 is 2.32 bits per heavy atom. The fraction of sp³-hybridized carbons (Fsp3) is 0.280. The van der Waals surface area contributed by atoms with Gasteiger partial charge in [0, 0.05) is 44.3 Å². The third kappa shape index (κ3) is 3.32. The number of hydrogen-bond acceptors (Lipinski definition) is 7. The molecule has 0 saturated carbocycles. The molecule has 9 heteroatoms. The van der Waals surface area contributed by atoms with Gasteiger partial charge in [0.2, 0.25) is 5.96 Å². The highest BCUT2D eigenvalue weighted by molar-refractivity contribution is 6.16. The van der Waals surface area contributed by atoms with Crippen molar-refractivity contribution >= 4 is 40.8 Å². The van der Waals surface area contributed by atoms with Crippen LogP contribution in [0.5, 0.6) is 0 Å². The number of rotatable bonds is 5. The Bertz CT molecular complexity index is 1220. The van der Waals surface area contributed by atoms with Gasteiger partial charge in [0.15, 0.2) is 12.2 Å². The van der Waals surface area contributed by atoms with Crippen molar-refractivity contribution in [2.45, 2.75) is 19.1 Å². The number of carbonyl (C=O) groups is 3. The van der Waals surface area contributed by atoms with Crippen LogP contribution in [-0.4, -0.2) is 78.3 Å². The molecule has 1 fully saturated rings. The summed E-state index contributed by atoms with van der Waals surface area (Å²) >= 11 is 0. The molecular weight excluding hydrogens is 432 g/mol. The first-order valence-corrected chi connectivity index (χ1v) is 11.1. The second-order valence-corrected chi connectivity index (χ2v) is 8.84. The van der Waals surface area contributed by atoms with Gasteiger partial charge in [-0.05, 0) is 31.2 Å². The van der Waals surface area contributed by atoms with Crippen LogP contribution in [0.3, 0.4) is 0 Å². The maximum Gasteiger partial charge on any atom is 0.328 e. The van der Waals surface area contributed by atoms with Gasteiger partial charge in [0.25, 0.3) is 5.91 Å². The fourth-order valence-corrected chi connectivity index (χ4v) is 4.57. The van der Waals surface area contributed by atoms with Crippen molar-refractivity contribution in [3.8, 4) is 0 Å². The number of fused-ring (bicyclic) bond motifs is 3. The number of aliphatic imine (C=N–C) groups is 1. The molecule has 2 aromatic rings. The predicted octanol–water partition coefficient (Wildman–Crippen LogP) is 2.42. The van der Waals surface area contributed by atoms with E-state index >= 15 is 0 Å². The third-order valence-corrected chi connectivity index (χ3v) is 6.29. The molecule has 0 aliphatic carbocycles. The molecule has 2 aromatic carbocycles. The molecule has 0 N–H and O–H groups in total. The van der Waals surface area contributed by atoms with Crippen LogP contribution >= 0.6 is 0 Å². The standard InChI is InChI=1S/C25H26N6O3/c1-16(32)14-30-23(33)21-22(28(4)25(30)34)26-24-29(21)15-20(17-8-6-5-7-9-17)31(24)19-12-10-18(11-13-19)27(2)3/h5-13,15,21-22H,14H2,1-4H3. The van der Waals surface area contributed by atoms with Gasteiger partial charge in [-0.25, -0.2) is 9.79 Å². The topological polar surface area (TPSA) is 79.8 Å². The fourth-order valence-electron chi connectivity index (χ4n) is 4.57. The summed E-state index contributed by atoms with van der Waals surface area (Å²) in [6.45, 7) is 1.12. The molecule has 2 unspecified atom stereocenters. The normalized spacial score (nSPS) is 21.4. The van der Waals surface area contributed by atoms with Crippen molar-refractivity contribution < 1.29 is 14.4 Å². The highest BCUT2D eigenvalue weighted by Gasteiger charge is 2.55. The summed E-state index contributed by atoms with van der Waals surface area (Å²) in [6, 6.07) is 16.7. The van der Waals surface area contributed by atoms with Gasteiger partial charge >= 0.3 is 6.03 Å². The number of amides is 3. The number of likely N-dealkylation sites (N-methyl/N-ethyl adjacent to an activating group) is 1. The molecular formula is C25H26N6O3. The lowest BCUT2D eigenvalue weighted by Crippen LogP contribution is -2.64. The van der Waals surface area contributed by atoms with Gasteiger partial charge in [-0.1, -0.05) is 30.3 Å². The number of nitrogens with zero attached hydrogens (tertiary/aromatic N) is 6. The molecule has 9 nitrogen and oxygen atoms in total. The van der Waals surface area contributed by atoms with Crippen molar-refractivity contribution in [3.63, 3.8) is 0 Å². The molecule has 3 amide bonds. The van der Waals surface area contributed by atoms with E-state index in [9.17, 15) is 14.4 Å². The average molecular weight is 459 g/mol. The van der Waals surface area contributed by atoms with Crippen LogP contribution in [-0.2, 0) is 9.59 Å². The summed E-state index contributed by atoms with van der Waals surface area (Å²) < 4.78 is 0. The molecule has 0 radical (unpaired) electrons. The number of carbonyl (C=O) groups excluding carboxylic acids is 3. The Hall–Kier alpha value is -4.14. The van der Waals surface area contributed by atoms with Crippen molar-refractivity contribution in [1.82, 2.24) is 14.7 Å². The second kappa shape index (κ2) is 8.02. The average Bonchev–Trinajstić information content (AvgIpc) is 3.37. The first-order chi connectivity index (χ1) is 16.3. The number of hydrogen-bond donors (Lipinski definition) is 0. The Morgan fingerprint density at radius 1 is 1.03 bits per heavy atom. The van der Waals surface area contributed by atoms with Crippen LogP contribution in [0, 0.1) is 0 Å². The van der Waals surface area contributed by atoms with Gasteiger partial charge in [-0.3, -0.25) is 24.3 Å². The number of urea groups is 1. The van der Waals surface area contributed by atoms with Crippen LogP contribution in [0.2, 0.25) is 0 Å². The molecule has 34 heavy (non-hydrogen) atoms. The van der Waals surface area contributed by atoms with Crippen LogP contribution in [0.1, 0.15) is 12.5 Å². The Balaban J connectivity index is 1.59. The highest BCUT2D eigenvalue weighted by atomic mass is 16.2. The second-order valence-electron chi connectivity index (χ2n) is 8.84. The smallest absolute Gasteiger partial charge is 0.328 e. The lowest BCUT2D eigenvalue weighted by atomic mass is 10.1. The van der Waals surface area contributed by atoms with Crippen molar-refractivity contribution in [3.05, 3.63) is 66.4 Å². The zero-order valence-corrected chi connectivity index (χ0v) is 19.5. The molecule has 0 spiro atoms. The minimum atomic E-state index is -0.734. The number of benzene rings is 2. The summed E-state index contributed by atoms with van der Waals surface area (Å²) in [4.78, 5) is 51.1. The van der Waals surface area contributed by atoms with E-state index in [0.29, 0.717) is 5.96 Å². The van der Waals surface area contributed by atoms with E-state index in [1.54, 1.807) is 7.05 Å². The van der Waals surface area contributed by atoms with E-state index in [2.05, 4.69) is 0 Å². The van der Waals surface area contributed by atoms with E-state index in [-0.39, 0.29) is 12.3 Å². The van der Waals surface area contributed by atoms with E-state index in [0.717, 1.165) is 27.5 Å². The van der Waals surface area contributed by atoms with E-state index < -0.39 is 24.1 Å². The number of anilines is 2. The maximum atomic E-state index is 13.4. The third-order valence-electron chi connectivity index (χ3n) is 6.29. The molecule has 0 aromatic heterocycles. The first kappa shape index (κ1) is 21.7. The minimum Gasteiger partial charge on any atom is -0.378 e. The predicted molar refractivity (Wildman–Crippen MR) is 130 cm³/mol. The van der Waals surface area contributed by atoms with Crippen LogP contribution in [0.15, 0.2) is 65.8 Å². The van der Waals surface area contributed by atoms with E-state index in [1.165, 1.54) is 11.8 Å². The molecule has 5 rings (SSSR count). The molecule has 3 heterocycles. The molecule has 1 saturated heterocycles. The zero-order chi connectivity index (χ0) is 24.1. The summed E-state index contributed by atoms with van der Waals surface area (Å²) in [5.74, 6) is -0.100. The molecule has 0 bridgehead atoms. The maximum absolute atomic E-state index is 13.4. The van der Waals surface area contributed by atoms with Crippen LogP contribution < -0.4 is 9.80 Å². The Morgan fingerprint density at radius 2 is 1.71 bits per heavy atom.